The van der Waals surface area contributed by atoms with E-state index in [-0.39, 0.29) is 35.3 Å². The Labute approximate surface area is 181 Å². The van der Waals surface area contributed by atoms with Crippen LogP contribution in [-0.2, 0) is 9.53 Å². The Morgan fingerprint density at radius 3 is 2.32 bits per heavy atom. The molecule has 0 aliphatic rings. The van der Waals surface area contributed by atoms with E-state index < -0.39 is 29.9 Å². The molecule has 168 valence electrons. The zero-order chi connectivity index (χ0) is 23.1. The van der Waals surface area contributed by atoms with Gasteiger partial charge in [0.05, 0.1) is 13.0 Å². The van der Waals surface area contributed by atoms with Crippen LogP contribution in [0.2, 0.25) is 0 Å². The molecular formula is C23H28FNO6. The van der Waals surface area contributed by atoms with Crippen LogP contribution in [0.15, 0.2) is 36.5 Å². The fourth-order valence-corrected chi connectivity index (χ4v) is 3.08. The van der Waals surface area contributed by atoms with Gasteiger partial charge in [0, 0.05) is 18.7 Å². The molecule has 2 rings (SSSR count). The van der Waals surface area contributed by atoms with Crippen molar-refractivity contribution in [1.82, 2.24) is 4.98 Å². The monoisotopic (exact) mass is 433 g/mol. The molecule has 0 amide bonds. The average molecular weight is 433 g/mol. The highest BCUT2D eigenvalue weighted by Gasteiger charge is 2.30. The van der Waals surface area contributed by atoms with Crippen LogP contribution in [-0.4, -0.2) is 41.2 Å². The fourth-order valence-electron chi connectivity index (χ4n) is 3.08. The highest BCUT2D eigenvalue weighted by molar-refractivity contribution is 5.99. The van der Waals surface area contributed by atoms with Crippen molar-refractivity contribution in [2.75, 3.05) is 7.11 Å². The van der Waals surface area contributed by atoms with Gasteiger partial charge in [-0.3, -0.25) is 9.59 Å². The summed E-state index contributed by atoms with van der Waals surface area (Å²) in [6.45, 7) is 7.10. The first-order chi connectivity index (χ1) is 14.6. The number of pyridine rings is 1. The normalized spacial score (nSPS) is 13.9. The topological polar surface area (TPSA) is 95.0 Å². The lowest BCUT2D eigenvalue weighted by molar-refractivity contribution is -0.161. The third-order valence-electron chi connectivity index (χ3n) is 4.77. The zero-order valence-corrected chi connectivity index (χ0v) is 18.3. The van der Waals surface area contributed by atoms with Crippen molar-refractivity contribution in [1.29, 1.82) is 0 Å². The number of esters is 1. The quantitative estimate of drug-likeness (QED) is 0.444. The minimum absolute atomic E-state index is 0.0635. The third kappa shape index (κ3) is 6.41. The molecule has 0 fully saturated rings. The van der Waals surface area contributed by atoms with Crippen LogP contribution in [0.3, 0.4) is 0 Å². The Hall–Kier alpha value is -3.16. The summed E-state index contributed by atoms with van der Waals surface area (Å²) in [4.78, 5) is 29.1. The Bertz CT molecular complexity index is 899. The molecule has 1 heterocycles. The third-order valence-corrected chi connectivity index (χ3v) is 4.77. The van der Waals surface area contributed by atoms with Crippen molar-refractivity contribution in [2.45, 2.75) is 46.3 Å². The van der Waals surface area contributed by atoms with Crippen LogP contribution in [0, 0.1) is 17.7 Å². The van der Waals surface area contributed by atoms with E-state index in [2.05, 4.69) is 4.98 Å². The maximum Gasteiger partial charge on any atom is 0.309 e. The van der Waals surface area contributed by atoms with Gasteiger partial charge in [0.1, 0.15) is 23.8 Å². The lowest BCUT2D eigenvalue weighted by atomic mass is 10.00. The minimum Gasteiger partial charge on any atom is -0.503 e. The molecule has 8 heteroatoms. The van der Waals surface area contributed by atoms with Gasteiger partial charge in [0.2, 0.25) is 0 Å². The Kier molecular flexibility index (Phi) is 8.36. The number of aromatic nitrogens is 1. The molecule has 31 heavy (non-hydrogen) atoms. The van der Waals surface area contributed by atoms with Crippen molar-refractivity contribution in [3.63, 3.8) is 0 Å². The molecular weight excluding hydrogens is 405 g/mol. The number of carbonyl (C=O) groups excluding carboxylic acids is 2. The van der Waals surface area contributed by atoms with E-state index in [1.54, 1.807) is 13.8 Å². The fraction of sp³-hybridized carbons (Fsp3) is 0.435. The van der Waals surface area contributed by atoms with Crippen LogP contribution < -0.4 is 9.47 Å². The molecule has 3 atom stereocenters. The summed E-state index contributed by atoms with van der Waals surface area (Å²) in [6, 6.07) is 7.00. The summed E-state index contributed by atoms with van der Waals surface area (Å²) >= 11 is 0. The first kappa shape index (κ1) is 24.1. The predicted octanol–water partition coefficient (Wildman–Crippen LogP) is 4.18. The summed E-state index contributed by atoms with van der Waals surface area (Å²) in [6.07, 6.45) is 0.0719. The van der Waals surface area contributed by atoms with Gasteiger partial charge in [-0.25, -0.2) is 9.37 Å². The Morgan fingerprint density at radius 2 is 1.74 bits per heavy atom. The van der Waals surface area contributed by atoms with Gasteiger partial charge >= 0.3 is 5.97 Å². The summed E-state index contributed by atoms with van der Waals surface area (Å²) in [5.41, 5.74) is -0.160. The number of methoxy groups -OCH3 is 1. The van der Waals surface area contributed by atoms with E-state index in [1.807, 2.05) is 13.8 Å². The van der Waals surface area contributed by atoms with Gasteiger partial charge in [-0.2, -0.15) is 0 Å². The molecule has 0 saturated carbocycles. The van der Waals surface area contributed by atoms with Crippen molar-refractivity contribution < 1.29 is 33.3 Å². The molecule has 1 N–H and O–H groups in total. The van der Waals surface area contributed by atoms with E-state index in [4.69, 9.17) is 14.2 Å². The number of rotatable bonds is 10. The largest absolute Gasteiger partial charge is 0.503 e. The lowest BCUT2D eigenvalue weighted by Crippen LogP contribution is -2.39. The molecule has 0 aliphatic carbocycles. The summed E-state index contributed by atoms with van der Waals surface area (Å²) < 4.78 is 29.5. The maximum absolute atomic E-state index is 13.1. The molecule has 0 spiro atoms. The van der Waals surface area contributed by atoms with E-state index in [9.17, 15) is 19.1 Å². The number of carbonyl (C=O) groups is 2. The van der Waals surface area contributed by atoms with Crippen LogP contribution in [0.4, 0.5) is 4.39 Å². The molecule has 1 aromatic heterocycles. The first-order valence-corrected chi connectivity index (χ1v) is 10.0. The van der Waals surface area contributed by atoms with E-state index >= 15 is 0 Å². The first-order valence-electron chi connectivity index (χ1n) is 10.0. The number of ether oxygens (including phenoxy) is 3. The lowest BCUT2D eigenvalue weighted by Gasteiger charge is -2.29. The second kappa shape index (κ2) is 10.7. The van der Waals surface area contributed by atoms with Crippen molar-refractivity contribution in [2.24, 2.45) is 11.8 Å². The maximum atomic E-state index is 13.1. The summed E-state index contributed by atoms with van der Waals surface area (Å²) in [5.74, 6) is -2.05. The molecule has 2 aromatic rings. The van der Waals surface area contributed by atoms with Crippen LogP contribution in [0.25, 0.3) is 0 Å². The van der Waals surface area contributed by atoms with E-state index in [0.717, 1.165) is 0 Å². The number of benzene rings is 1. The van der Waals surface area contributed by atoms with Crippen LogP contribution in [0.5, 0.6) is 17.2 Å². The second-order valence-corrected chi connectivity index (χ2v) is 7.66. The van der Waals surface area contributed by atoms with Crippen molar-refractivity contribution in [3.8, 4) is 17.2 Å². The van der Waals surface area contributed by atoms with Crippen LogP contribution in [0.1, 0.15) is 44.6 Å². The van der Waals surface area contributed by atoms with Crippen LogP contribution >= 0.6 is 0 Å². The summed E-state index contributed by atoms with van der Waals surface area (Å²) in [5, 5.41) is 10.1. The number of ketones is 1. The highest BCUT2D eigenvalue weighted by Crippen LogP contribution is 2.29. The number of aromatic hydroxyl groups is 1. The van der Waals surface area contributed by atoms with Gasteiger partial charge in [0.15, 0.2) is 23.0 Å². The molecule has 0 unspecified atom stereocenters. The van der Waals surface area contributed by atoms with Gasteiger partial charge in [0.25, 0.3) is 0 Å². The van der Waals surface area contributed by atoms with Crippen molar-refractivity contribution in [3.05, 3.63) is 48.0 Å². The predicted molar refractivity (Wildman–Crippen MR) is 112 cm³/mol. The zero-order valence-electron chi connectivity index (χ0n) is 18.3. The van der Waals surface area contributed by atoms with E-state index in [0.29, 0.717) is 5.75 Å². The van der Waals surface area contributed by atoms with Crippen molar-refractivity contribution >= 4 is 11.8 Å². The Balaban J connectivity index is 2.02. The van der Waals surface area contributed by atoms with E-state index in [1.165, 1.54) is 43.6 Å². The van der Waals surface area contributed by atoms with Gasteiger partial charge < -0.3 is 19.3 Å². The SMILES string of the molecule is COc1ccnc(C(=O)C[C@@H](C)C(=O)O[C@H](C(C)C)[C@H](C)Oc2ccc(F)cc2)c1O. The van der Waals surface area contributed by atoms with Gasteiger partial charge in [-0.15, -0.1) is 0 Å². The van der Waals surface area contributed by atoms with Gasteiger partial charge in [-0.1, -0.05) is 20.8 Å². The molecule has 1 aromatic carbocycles. The average Bonchev–Trinajstić information content (AvgIpc) is 2.73. The smallest absolute Gasteiger partial charge is 0.309 e. The number of Topliss-reactive ketones (excluding diaryl/α,β-unsaturated/α-hetero) is 1. The second-order valence-electron chi connectivity index (χ2n) is 7.66. The molecule has 0 bridgehead atoms. The number of nitrogens with zero attached hydrogens (tertiary/aromatic N) is 1. The molecule has 0 saturated heterocycles. The number of halogens is 1. The minimum atomic E-state index is -0.765. The molecule has 0 aliphatic heterocycles. The standard InChI is InChI=1S/C23H28FNO6/c1-13(2)22(15(4)30-17-8-6-16(24)7-9-17)31-23(28)14(3)12-18(26)20-21(27)19(29-5)10-11-25-20/h6-11,13-15,22,27H,12H2,1-5H3/t14-,15+,22-/m1/s1. The molecule has 7 nitrogen and oxygen atoms in total. The molecule has 0 radical (unpaired) electrons. The highest BCUT2D eigenvalue weighted by atomic mass is 19.1. The number of hydrogen-bond acceptors (Lipinski definition) is 7. The summed E-state index contributed by atoms with van der Waals surface area (Å²) in [7, 11) is 1.37. The van der Waals surface area contributed by atoms with Gasteiger partial charge in [-0.05, 0) is 37.1 Å². The Morgan fingerprint density at radius 1 is 1.10 bits per heavy atom. The number of hydrogen-bond donors (Lipinski definition) is 1.